The van der Waals surface area contributed by atoms with Crippen LogP contribution in [-0.2, 0) is 39.3 Å². The molecular weight excluding hydrogens is 461 g/mol. The SMILES string of the molecule is CC12OCCc3cc(F)cc(c31)C(C(=O)O)[N+]21CC(OCCCCCc2ccc3c(n2)NCCC3)C1. The summed E-state index contributed by atoms with van der Waals surface area (Å²) in [6.07, 6.45) is 6.94. The Morgan fingerprint density at radius 2 is 2.11 bits per heavy atom. The first-order valence-corrected chi connectivity index (χ1v) is 13.3. The largest absolute Gasteiger partial charge is 0.477 e. The summed E-state index contributed by atoms with van der Waals surface area (Å²) in [5.41, 5.74) is 4.03. The number of aromatic nitrogens is 1. The van der Waals surface area contributed by atoms with Crippen molar-refractivity contribution in [1.29, 1.82) is 0 Å². The van der Waals surface area contributed by atoms with E-state index >= 15 is 0 Å². The van der Waals surface area contributed by atoms with E-state index in [1.807, 2.05) is 6.92 Å². The molecule has 6 rings (SSSR count). The number of rotatable bonds is 8. The number of carbonyl (C=O) groups is 1. The van der Waals surface area contributed by atoms with Crippen molar-refractivity contribution < 1.29 is 28.2 Å². The molecule has 8 heteroatoms. The molecule has 36 heavy (non-hydrogen) atoms. The second-order valence-corrected chi connectivity index (χ2v) is 10.9. The molecule has 4 aliphatic heterocycles. The van der Waals surface area contributed by atoms with Crippen molar-refractivity contribution in [3.8, 4) is 0 Å². The maximum Gasteiger partial charge on any atom is 0.367 e. The lowest BCUT2D eigenvalue weighted by atomic mass is 9.90. The van der Waals surface area contributed by atoms with Crippen LogP contribution in [0.1, 0.15) is 66.6 Å². The van der Waals surface area contributed by atoms with Gasteiger partial charge >= 0.3 is 5.97 Å². The van der Waals surface area contributed by atoms with Crippen LogP contribution in [0.25, 0.3) is 0 Å². The molecule has 1 aromatic heterocycles. The molecule has 0 bridgehead atoms. The van der Waals surface area contributed by atoms with Gasteiger partial charge in [0.25, 0.3) is 0 Å². The highest BCUT2D eigenvalue weighted by Crippen LogP contribution is 2.59. The van der Waals surface area contributed by atoms with Crippen molar-refractivity contribution in [3.63, 3.8) is 0 Å². The van der Waals surface area contributed by atoms with Gasteiger partial charge in [-0.15, -0.1) is 0 Å². The number of hydrogen-bond acceptors (Lipinski definition) is 5. The molecule has 1 spiro atoms. The number of carboxylic acids is 1. The lowest BCUT2D eigenvalue weighted by Crippen LogP contribution is -2.74. The van der Waals surface area contributed by atoms with Crippen molar-refractivity contribution in [2.75, 3.05) is 38.2 Å². The summed E-state index contributed by atoms with van der Waals surface area (Å²) in [5.74, 6) is -0.237. The number of aliphatic carboxylic acids is 1. The van der Waals surface area contributed by atoms with E-state index in [9.17, 15) is 14.3 Å². The molecule has 2 unspecified atom stereocenters. The predicted octanol–water partition coefficient (Wildman–Crippen LogP) is 4.09. The number of fused-ring (bicyclic) bond motifs is 2. The molecule has 0 aliphatic carbocycles. The Morgan fingerprint density at radius 1 is 1.25 bits per heavy atom. The molecule has 1 fully saturated rings. The van der Waals surface area contributed by atoms with Crippen LogP contribution < -0.4 is 5.32 Å². The summed E-state index contributed by atoms with van der Waals surface area (Å²) in [6, 6.07) is 6.48. The molecule has 2 N–H and O–H groups in total. The van der Waals surface area contributed by atoms with Gasteiger partial charge in [-0.25, -0.2) is 14.2 Å². The Hall–Kier alpha value is -2.55. The first kappa shape index (κ1) is 23.8. The molecule has 7 nitrogen and oxygen atoms in total. The van der Waals surface area contributed by atoms with E-state index in [0.717, 1.165) is 61.3 Å². The van der Waals surface area contributed by atoms with Crippen LogP contribution >= 0.6 is 0 Å². The number of anilines is 1. The van der Waals surface area contributed by atoms with Crippen LogP contribution in [0, 0.1) is 5.82 Å². The minimum Gasteiger partial charge on any atom is -0.477 e. The number of quaternary nitrogens is 1. The highest BCUT2D eigenvalue weighted by atomic mass is 19.1. The van der Waals surface area contributed by atoms with E-state index in [4.69, 9.17) is 14.5 Å². The standard InChI is InChI=1S/C28H34FN3O4/c1-28-24-19(10-13-36-28)14-20(29)15-23(24)25(27(33)34)32(28)16-22(17-32)35-12-4-2-3-7-21-9-8-18-6-5-11-30-26(18)31-21/h8-9,14-15,22,25H,2-7,10-13,16-17H2,1H3,(H-,30,31,33,34)/p+1. The molecule has 4 aliphatic rings. The van der Waals surface area contributed by atoms with Gasteiger partial charge in [-0.3, -0.25) is 4.48 Å². The van der Waals surface area contributed by atoms with Crippen LogP contribution in [0.2, 0.25) is 0 Å². The van der Waals surface area contributed by atoms with Crippen molar-refractivity contribution in [3.05, 3.63) is 58.0 Å². The lowest BCUT2D eigenvalue weighted by Gasteiger charge is -2.57. The number of hydrogen-bond donors (Lipinski definition) is 2. The third-order valence-electron chi connectivity index (χ3n) is 8.75. The average Bonchev–Trinajstić information content (AvgIpc) is 3.06. The predicted molar refractivity (Wildman–Crippen MR) is 132 cm³/mol. The smallest absolute Gasteiger partial charge is 0.367 e. The Kier molecular flexibility index (Phi) is 6.01. The first-order valence-electron chi connectivity index (χ1n) is 13.3. The average molecular weight is 497 g/mol. The molecule has 0 radical (unpaired) electrons. The molecular formula is C28H35FN3O4+. The summed E-state index contributed by atoms with van der Waals surface area (Å²) >= 11 is 0. The number of nitrogens with zero attached hydrogens (tertiary/aromatic N) is 2. The van der Waals surface area contributed by atoms with E-state index in [2.05, 4.69) is 17.4 Å². The number of benzene rings is 1. The minimum atomic E-state index is -0.925. The fraction of sp³-hybridized carbons (Fsp3) is 0.571. The van der Waals surface area contributed by atoms with Gasteiger partial charge in [-0.2, -0.15) is 0 Å². The van der Waals surface area contributed by atoms with E-state index in [1.165, 1.54) is 18.1 Å². The van der Waals surface area contributed by atoms with Gasteiger partial charge in [0.15, 0.2) is 6.10 Å². The highest BCUT2D eigenvalue weighted by Gasteiger charge is 2.71. The van der Waals surface area contributed by atoms with Crippen molar-refractivity contribution in [2.45, 2.75) is 69.7 Å². The third-order valence-corrected chi connectivity index (χ3v) is 8.75. The molecule has 2 aromatic rings. The van der Waals surface area contributed by atoms with Gasteiger partial charge in [0.1, 0.15) is 24.7 Å². The molecule has 1 saturated heterocycles. The van der Waals surface area contributed by atoms with Crippen LogP contribution in [0.15, 0.2) is 24.3 Å². The van der Waals surface area contributed by atoms with Crippen molar-refractivity contribution in [1.82, 2.24) is 4.98 Å². The maximum absolute atomic E-state index is 14.4. The summed E-state index contributed by atoms with van der Waals surface area (Å²) in [4.78, 5) is 17.2. The molecule has 0 amide bonds. The topological polar surface area (TPSA) is 80.7 Å². The van der Waals surface area contributed by atoms with Crippen LogP contribution in [0.4, 0.5) is 10.2 Å². The van der Waals surface area contributed by atoms with Gasteiger partial charge in [0.05, 0.1) is 12.2 Å². The van der Waals surface area contributed by atoms with E-state index in [-0.39, 0.29) is 16.4 Å². The zero-order chi connectivity index (χ0) is 24.9. The second-order valence-electron chi connectivity index (χ2n) is 10.9. The summed E-state index contributed by atoms with van der Waals surface area (Å²) in [6.45, 7) is 5.25. The zero-order valence-electron chi connectivity index (χ0n) is 20.9. The van der Waals surface area contributed by atoms with Gasteiger partial charge in [-0.05, 0) is 67.9 Å². The Bertz CT molecular complexity index is 1180. The van der Waals surface area contributed by atoms with E-state index in [1.54, 1.807) is 6.07 Å². The van der Waals surface area contributed by atoms with Crippen molar-refractivity contribution in [2.24, 2.45) is 0 Å². The van der Waals surface area contributed by atoms with Crippen molar-refractivity contribution >= 4 is 11.8 Å². The van der Waals surface area contributed by atoms with Crippen LogP contribution in [0.5, 0.6) is 0 Å². The first-order chi connectivity index (χ1) is 17.4. The number of ether oxygens (including phenoxy) is 2. The van der Waals surface area contributed by atoms with Crippen LogP contribution in [0.3, 0.4) is 0 Å². The van der Waals surface area contributed by atoms with E-state index in [0.29, 0.717) is 38.3 Å². The Labute approximate surface area is 211 Å². The van der Waals surface area contributed by atoms with Gasteiger partial charge in [0.2, 0.25) is 11.8 Å². The van der Waals surface area contributed by atoms with E-state index < -0.39 is 17.7 Å². The molecule has 2 atom stereocenters. The zero-order valence-corrected chi connectivity index (χ0v) is 20.9. The summed E-state index contributed by atoms with van der Waals surface area (Å²) in [5, 5.41) is 13.6. The number of carboxylic acid groups (broad SMARTS) is 1. The normalized spacial score (nSPS) is 29.8. The number of unbranched alkanes of at least 4 members (excludes halogenated alkanes) is 2. The Morgan fingerprint density at radius 3 is 2.94 bits per heavy atom. The van der Waals surface area contributed by atoms with Gasteiger partial charge in [-0.1, -0.05) is 12.5 Å². The summed E-state index contributed by atoms with van der Waals surface area (Å²) < 4.78 is 27.1. The maximum atomic E-state index is 14.4. The highest BCUT2D eigenvalue weighted by molar-refractivity contribution is 5.76. The lowest BCUT2D eigenvalue weighted by molar-refractivity contribution is -1.05. The summed E-state index contributed by atoms with van der Waals surface area (Å²) in [7, 11) is 0. The second kappa shape index (κ2) is 9.08. The number of aryl methyl sites for hydroxylation is 2. The van der Waals surface area contributed by atoms with Gasteiger partial charge < -0.3 is 19.9 Å². The number of pyridine rings is 1. The fourth-order valence-corrected chi connectivity index (χ4v) is 6.99. The molecule has 5 heterocycles. The third kappa shape index (κ3) is 3.73. The molecule has 0 saturated carbocycles. The quantitative estimate of drug-likeness (QED) is 0.423. The monoisotopic (exact) mass is 496 g/mol. The molecule has 192 valence electrons. The number of halogens is 1. The minimum absolute atomic E-state index is 0.00908. The molecule has 1 aromatic carbocycles. The fourth-order valence-electron chi connectivity index (χ4n) is 6.99. The van der Waals surface area contributed by atoms with Crippen LogP contribution in [-0.4, -0.2) is 59.5 Å². The Balaban J connectivity index is 1.03. The van der Waals surface area contributed by atoms with Gasteiger partial charge in [0, 0.05) is 31.3 Å². The number of nitrogens with one attached hydrogen (secondary N) is 1.